The van der Waals surface area contributed by atoms with Gasteiger partial charge in [0, 0.05) is 35.3 Å². The molecule has 0 spiro atoms. The fraction of sp³-hybridized carbons (Fsp3) is 0.231. The van der Waals surface area contributed by atoms with Gasteiger partial charge in [-0.15, -0.1) is 0 Å². The van der Waals surface area contributed by atoms with Crippen molar-refractivity contribution < 1.29 is 4.92 Å². The van der Waals surface area contributed by atoms with Gasteiger partial charge >= 0.3 is 0 Å². The highest BCUT2D eigenvalue weighted by atomic mass is 32.2. The molecule has 0 radical (unpaired) electrons. The summed E-state index contributed by atoms with van der Waals surface area (Å²) in [6, 6.07) is 6.42. The number of nitro benzene ring substituents is 1. The molecular formula is C13H14N4O2S. The monoisotopic (exact) mass is 290 g/mol. The van der Waals surface area contributed by atoms with Gasteiger partial charge in [-0.2, -0.15) is 0 Å². The van der Waals surface area contributed by atoms with E-state index in [2.05, 4.69) is 15.3 Å². The van der Waals surface area contributed by atoms with Crippen molar-refractivity contribution in [3.63, 3.8) is 0 Å². The Morgan fingerprint density at radius 3 is 2.65 bits per heavy atom. The molecule has 2 aromatic rings. The van der Waals surface area contributed by atoms with Crippen molar-refractivity contribution in [3.8, 4) is 0 Å². The standard InChI is InChI=1S/C13H14N4O2S/c1-3-14-13-15-8-9(2)12(16-13)20-11-6-4-10(5-7-11)17(18)19/h4-8H,3H2,1-2H3,(H,14,15,16). The topological polar surface area (TPSA) is 81.0 Å². The summed E-state index contributed by atoms with van der Waals surface area (Å²) in [4.78, 5) is 19.7. The minimum Gasteiger partial charge on any atom is -0.354 e. The number of nitro groups is 1. The Morgan fingerprint density at radius 2 is 2.05 bits per heavy atom. The van der Waals surface area contributed by atoms with Crippen molar-refractivity contribution >= 4 is 23.4 Å². The van der Waals surface area contributed by atoms with Crippen molar-refractivity contribution in [2.45, 2.75) is 23.8 Å². The Morgan fingerprint density at radius 1 is 1.35 bits per heavy atom. The van der Waals surface area contributed by atoms with Crippen molar-refractivity contribution in [3.05, 3.63) is 46.1 Å². The van der Waals surface area contributed by atoms with Gasteiger partial charge in [-0.1, -0.05) is 11.8 Å². The summed E-state index contributed by atoms with van der Waals surface area (Å²) in [6.07, 6.45) is 1.76. The highest BCUT2D eigenvalue weighted by molar-refractivity contribution is 7.99. The summed E-state index contributed by atoms with van der Waals surface area (Å²) in [7, 11) is 0. The molecule has 0 aliphatic heterocycles. The first-order valence-electron chi connectivity index (χ1n) is 6.10. The molecule has 104 valence electrons. The van der Waals surface area contributed by atoms with Gasteiger partial charge < -0.3 is 5.32 Å². The predicted octanol–water partition coefficient (Wildman–Crippen LogP) is 3.28. The van der Waals surface area contributed by atoms with Gasteiger partial charge in [0.15, 0.2) is 0 Å². The zero-order chi connectivity index (χ0) is 14.5. The average molecular weight is 290 g/mol. The summed E-state index contributed by atoms with van der Waals surface area (Å²) < 4.78 is 0. The molecule has 20 heavy (non-hydrogen) atoms. The van der Waals surface area contributed by atoms with Crippen LogP contribution in [0.5, 0.6) is 0 Å². The quantitative estimate of drug-likeness (QED) is 0.517. The van der Waals surface area contributed by atoms with Gasteiger partial charge in [-0.05, 0) is 26.0 Å². The van der Waals surface area contributed by atoms with E-state index >= 15 is 0 Å². The molecule has 1 aromatic carbocycles. The smallest absolute Gasteiger partial charge is 0.269 e. The van der Waals surface area contributed by atoms with Crippen molar-refractivity contribution in [2.24, 2.45) is 0 Å². The summed E-state index contributed by atoms with van der Waals surface area (Å²) in [5, 5.41) is 14.5. The van der Waals surface area contributed by atoms with Crippen LogP contribution in [0.4, 0.5) is 11.6 Å². The van der Waals surface area contributed by atoms with E-state index in [4.69, 9.17) is 0 Å². The number of hydrogen-bond acceptors (Lipinski definition) is 6. The van der Waals surface area contributed by atoms with Gasteiger partial charge in [-0.3, -0.25) is 10.1 Å². The lowest BCUT2D eigenvalue weighted by Crippen LogP contribution is -2.03. The number of nitrogens with one attached hydrogen (secondary N) is 1. The van der Waals surface area contributed by atoms with E-state index in [0.717, 1.165) is 22.0 Å². The van der Waals surface area contributed by atoms with Crippen molar-refractivity contribution in [1.82, 2.24) is 9.97 Å². The first-order chi connectivity index (χ1) is 9.60. The molecule has 0 aliphatic carbocycles. The van der Waals surface area contributed by atoms with Crippen LogP contribution in [0.25, 0.3) is 0 Å². The van der Waals surface area contributed by atoms with E-state index in [1.165, 1.54) is 23.9 Å². The molecule has 0 aliphatic rings. The Bertz CT molecular complexity index is 616. The van der Waals surface area contributed by atoms with Crippen LogP contribution >= 0.6 is 11.8 Å². The molecule has 0 amide bonds. The number of rotatable bonds is 5. The normalized spacial score (nSPS) is 10.3. The van der Waals surface area contributed by atoms with Gasteiger partial charge in [0.05, 0.1) is 4.92 Å². The number of non-ortho nitro benzene ring substituents is 1. The van der Waals surface area contributed by atoms with Crippen molar-refractivity contribution in [2.75, 3.05) is 11.9 Å². The lowest BCUT2D eigenvalue weighted by molar-refractivity contribution is -0.384. The van der Waals surface area contributed by atoms with Crippen molar-refractivity contribution in [1.29, 1.82) is 0 Å². The zero-order valence-corrected chi connectivity index (χ0v) is 12.0. The second-order valence-corrected chi connectivity index (χ2v) is 5.13. The number of hydrogen-bond donors (Lipinski definition) is 1. The SMILES string of the molecule is CCNc1ncc(C)c(Sc2ccc([N+](=O)[O-])cc2)n1. The molecule has 0 unspecified atom stereocenters. The molecule has 0 atom stereocenters. The summed E-state index contributed by atoms with van der Waals surface area (Å²) in [6.45, 7) is 4.67. The largest absolute Gasteiger partial charge is 0.354 e. The van der Waals surface area contributed by atoms with E-state index in [0.29, 0.717) is 5.95 Å². The molecule has 0 bridgehead atoms. The zero-order valence-electron chi connectivity index (χ0n) is 11.2. The van der Waals surface area contributed by atoms with Crippen LogP contribution in [-0.2, 0) is 0 Å². The highest BCUT2D eigenvalue weighted by Crippen LogP contribution is 2.30. The lowest BCUT2D eigenvalue weighted by Gasteiger charge is -2.07. The van der Waals surface area contributed by atoms with Crippen LogP contribution in [-0.4, -0.2) is 21.4 Å². The van der Waals surface area contributed by atoms with Crippen LogP contribution < -0.4 is 5.32 Å². The Balaban J connectivity index is 2.20. The Labute approximate surface area is 120 Å². The Kier molecular flexibility index (Phi) is 4.52. The minimum atomic E-state index is -0.409. The van der Waals surface area contributed by atoms with E-state index in [-0.39, 0.29) is 5.69 Å². The fourth-order valence-corrected chi connectivity index (χ4v) is 2.36. The highest BCUT2D eigenvalue weighted by Gasteiger charge is 2.08. The summed E-state index contributed by atoms with van der Waals surface area (Å²) >= 11 is 1.46. The predicted molar refractivity (Wildman–Crippen MR) is 78.2 cm³/mol. The van der Waals surface area contributed by atoms with Crippen LogP contribution in [0.3, 0.4) is 0 Å². The van der Waals surface area contributed by atoms with Crippen LogP contribution in [0.1, 0.15) is 12.5 Å². The second-order valence-electron chi connectivity index (χ2n) is 4.07. The molecule has 1 heterocycles. The molecule has 6 nitrogen and oxygen atoms in total. The maximum Gasteiger partial charge on any atom is 0.269 e. The molecular weight excluding hydrogens is 276 g/mol. The number of anilines is 1. The molecule has 2 rings (SSSR count). The first kappa shape index (κ1) is 14.3. The molecule has 0 fully saturated rings. The number of benzene rings is 1. The van der Waals surface area contributed by atoms with E-state index < -0.39 is 4.92 Å². The molecule has 7 heteroatoms. The molecule has 1 N–H and O–H groups in total. The number of nitrogens with zero attached hydrogens (tertiary/aromatic N) is 3. The van der Waals surface area contributed by atoms with Gasteiger partial charge in [-0.25, -0.2) is 9.97 Å². The summed E-state index contributed by atoms with van der Waals surface area (Å²) in [5.74, 6) is 0.586. The third-order valence-electron chi connectivity index (χ3n) is 2.52. The van der Waals surface area contributed by atoms with E-state index in [1.54, 1.807) is 18.3 Å². The summed E-state index contributed by atoms with van der Waals surface area (Å²) in [5.41, 5.74) is 1.05. The maximum absolute atomic E-state index is 10.6. The van der Waals surface area contributed by atoms with Crippen LogP contribution in [0.2, 0.25) is 0 Å². The fourth-order valence-electron chi connectivity index (χ4n) is 1.52. The van der Waals surface area contributed by atoms with E-state index in [9.17, 15) is 10.1 Å². The molecule has 1 aromatic heterocycles. The average Bonchev–Trinajstić information content (AvgIpc) is 2.43. The third kappa shape index (κ3) is 3.45. The van der Waals surface area contributed by atoms with Crippen LogP contribution in [0, 0.1) is 17.0 Å². The second kappa shape index (κ2) is 6.33. The first-order valence-corrected chi connectivity index (χ1v) is 6.91. The molecule has 0 saturated heterocycles. The third-order valence-corrected chi connectivity index (χ3v) is 3.64. The van der Waals surface area contributed by atoms with Crippen LogP contribution in [0.15, 0.2) is 40.4 Å². The molecule has 0 saturated carbocycles. The van der Waals surface area contributed by atoms with Gasteiger partial charge in [0.25, 0.3) is 5.69 Å². The lowest BCUT2D eigenvalue weighted by atomic mass is 10.3. The van der Waals surface area contributed by atoms with E-state index in [1.807, 2.05) is 13.8 Å². The van der Waals surface area contributed by atoms with Gasteiger partial charge in [0.2, 0.25) is 5.95 Å². The Hall–Kier alpha value is -2.15. The maximum atomic E-state index is 10.6. The number of aryl methyl sites for hydroxylation is 1. The number of aromatic nitrogens is 2. The minimum absolute atomic E-state index is 0.0853. The van der Waals surface area contributed by atoms with Gasteiger partial charge in [0.1, 0.15) is 5.03 Å².